The first kappa shape index (κ1) is 27.6. The summed E-state index contributed by atoms with van der Waals surface area (Å²) in [6, 6.07) is 9.83. The minimum absolute atomic E-state index is 0.148. The van der Waals surface area contributed by atoms with Crippen molar-refractivity contribution in [3.8, 4) is 28.3 Å². The highest BCUT2D eigenvalue weighted by Gasteiger charge is 2.29. The van der Waals surface area contributed by atoms with E-state index in [2.05, 4.69) is 30.6 Å². The van der Waals surface area contributed by atoms with E-state index in [-0.39, 0.29) is 23.4 Å². The summed E-state index contributed by atoms with van der Waals surface area (Å²) in [6.07, 6.45) is 5.37. The predicted octanol–water partition coefficient (Wildman–Crippen LogP) is 4.31. The number of ether oxygens (including phenoxy) is 2. The number of halogens is 2. The van der Waals surface area contributed by atoms with Crippen LogP contribution < -0.4 is 10.9 Å². The molecule has 0 saturated carbocycles. The van der Waals surface area contributed by atoms with E-state index >= 15 is 0 Å². The third-order valence-electron chi connectivity index (χ3n) is 6.64. The zero-order valence-corrected chi connectivity index (χ0v) is 23.6. The maximum absolute atomic E-state index is 13.4. The minimum atomic E-state index is -0.595. The van der Waals surface area contributed by atoms with Crippen LogP contribution in [0.15, 0.2) is 59.8 Å². The van der Waals surface area contributed by atoms with E-state index in [1.165, 1.54) is 24.1 Å². The van der Waals surface area contributed by atoms with E-state index in [9.17, 15) is 9.59 Å². The molecule has 0 bridgehead atoms. The number of aromatic amines is 1. The van der Waals surface area contributed by atoms with Gasteiger partial charge < -0.3 is 14.5 Å². The molecule has 13 nitrogen and oxygen atoms in total. The molecule has 0 aliphatic carbocycles. The fourth-order valence-electron chi connectivity index (χ4n) is 4.75. The van der Waals surface area contributed by atoms with Gasteiger partial charge in [-0.2, -0.15) is 0 Å². The number of rotatable bonds is 8. The van der Waals surface area contributed by atoms with Crippen LogP contribution in [0.2, 0.25) is 10.2 Å². The second-order valence-electron chi connectivity index (χ2n) is 9.34. The Balaban J connectivity index is 1.23. The molecule has 5 aromatic rings. The molecule has 214 valence electrons. The number of carbonyl (C=O) groups is 1. The van der Waals surface area contributed by atoms with E-state index in [0.717, 1.165) is 0 Å². The number of hydrogen-bond donors (Lipinski definition) is 2. The standard InChI is InChI=1S/C27H23Cl2N9O4/c1-41-8-9-42-27(40)32-16-3-4-18(30-12-16)20-13-31-26(34-20)22-6-7-24-33-19(11-25(39)38(22)24)17-10-15(28)2-5-21(17)37-14-23(29)35-36-37/h2-5,10-14,22H,6-9H2,1H3,(H,31,34)(H,32,40)/t22-/m0/s1. The average Bonchev–Trinajstić information content (AvgIpc) is 3.73. The van der Waals surface area contributed by atoms with Crippen molar-refractivity contribution in [2.75, 3.05) is 25.6 Å². The highest BCUT2D eigenvalue weighted by molar-refractivity contribution is 6.31. The summed E-state index contributed by atoms with van der Waals surface area (Å²) in [7, 11) is 1.53. The number of aromatic nitrogens is 8. The number of H-pyrrole nitrogens is 1. The average molecular weight is 608 g/mol. The molecule has 0 fully saturated rings. The lowest BCUT2D eigenvalue weighted by atomic mass is 10.1. The maximum Gasteiger partial charge on any atom is 0.411 e. The first-order chi connectivity index (χ1) is 20.4. The van der Waals surface area contributed by atoms with Crippen LogP contribution in [0, 0.1) is 0 Å². The summed E-state index contributed by atoms with van der Waals surface area (Å²) in [5.74, 6) is 1.25. The SMILES string of the molecule is COCCOC(=O)Nc1ccc(-c2cnc([C@@H]3CCc4nc(-c5cc(Cl)ccc5-n5cc(Cl)nn5)cc(=O)n43)[nH]2)nc1. The first-order valence-corrected chi connectivity index (χ1v) is 13.6. The van der Waals surface area contributed by atoms with Crippen LogP contribution in [0.5, 0.6) is 0 Å². The van der Waals surface area contributed by atoms with Gasteiger partial charge in [-0.25, -0.2) is 19.4 Å². The number of fused-ring (bicyclic) bond motifs is 1. The van der Waals surface area contributed by atoms with Crippen LogP contribution in [-0.4, -0.2) is 65.9 Å². The number of methoxy groups -OCH3 is 1. The van der Waals surface area contributed by atoms with E-state index in [0.29, 0.717) is 70.1 Å². The smallest absolute Gasteiger partial charge is 0.411 e. The Hall–Kier alpha value is -4.59. The van der Waals surface area contributed by atoms with Crippen LogP contribution in [0.3, 0.4) is 0 Å². The van der Waals surface area contributed by atoms with E-state index in [1.54, 1.807) is 47.3 Å². The van der Waals surface area contributed by atoms with Crippen molar-refractivity contribution in [3.05, 3.63) is 87.2 Å². The van der Waals surface area contributed by atoms with Gasteiger partial charge in [-0.3, -0.25) is 19.7 Å². The third kappa shape index (κ3) is 5.62. The second-order valence-corrected chi connectivity index (χ2v) is 10.2. The maximum atomic E-state index is 13.4. The van der Waals surface area contributed by atoms with Gasteiger partial charge in [-0.1, -0.05) is 28.4 Å². The van der Waals surface area contributed by atoms with Crippen LogP contribution in [0.4, 0.5) is 10.5 Å². The zero-order chi connectivity index (χ0) is 29.2. The molecule has 0 saturated heterocycles. The van der Waals surface area contributed by atoms with Crippen molar-refractivity contribution in [2.24, 2.45) is 0 Å². The molecule has 42 heavy (non-hydrogen) atoms. The fraction of sp³-hybridized carbons (Fsp3) is 0.222. The van der Waals surface area contributed by atoms with Gasteiger partial charge in [-0.05, 0) is 36.8 Å². The van der Waals surface area contributed by atoms with Gasteiger partial charge in [0.05, 0.1) is 59.7 Å². The highest BCUT2D eigenvalue weighted by atomic mass is 35.5. The molecule has 15 heteroatoms. The molecule has 4 aromatic heterocycles. The van der Waals surface area contributed by atoms with Crippen LogP contribution in [0.1, 0.15) is 24.1 Å². The number of pyridine rings is 1. The molecule has 5 heterocycles. The van der Waals surface area contributed by atoms with E-state index in [4.69, 9.17) is 37.7 Å². The lowest BCUT2D eigenvalue weighted by Crippen LogP contribution is -2.25. The van der Waals surface area contributed by atoms with Crippen LogP contribution in [0.25, 0.3) is 28.3 Å². The number of benzene rings is 1. The third-order valence-corrected chi connectivity index (χ3v) is 7.05. The number of nitrogens with one attached hydrogen (secondary N) is 2. The Kier molecular flexibility index (Phi) is 7.69. The molecular weight excluding hydrogens is 585 g/mol. The molecule has 1 aromatic carbocycles. The first-order valence-electron chi connectivity index (χ1n) is 12.8. The summed E-state index contributed by atoms with van der Waals surface area (Å²) < 4.78 is 13.0. The lowest BCUT2D eigenvalue weighted by Gasteiger charge is -2.14. The number of hydrogen-bond acceptors (Lipinski definition) is 9. The molecule has 1 aliphatic rings. The minimum Gasteiger partial charge on any atom is -0.447 e. The Morgan fingerprint density at radius 2 is 2.00 bits per heavy atom. The number of carbonyl (C=O) groups excluding carboxylic acids is 1. The lowest BCUT2D eigenvalue weighted by molar-refractivity contribution is 0.107. The van der Waals surface area contributed by atoms with Crippen molar-refractivity contribution >= 4 is 35.0 Å². The van der Waals surface area contributed by atoms with Gasteiger partial charge in [0.1, 0.15) is 18.3 Å². The van der Waals surface area contributed by atoms with Gasteiger partial charge in [-0.15, -0.1) is 5.10 Å². The van der Waals surface area contributed by atoms with Gasteiger partial charge in [0, 0.05) is 30.2 Å². The molecule has 6 rings (SSSR count). The summed E-state index contributed by atoms with van der Waals surface area (Å²) in [6.45, 7) is 0.457. The van der Waals surface area contributed by atoms with E-state index < -0.39 is 6.09 Å². The Morgan fingerprint density at radius 3 is 2.76 bits per heavy atom. The van der Waals surface area contributed by atoms with Crippen molar-refractivity contribution in [2.45, 2.75) is 18.9 Å². The van der Waals surface area contributed by atoms with Gasteiger partial charge in [0.2, 0.25) is 0 Å². The van der Waals surface area contributed by atoms with Gasteiger partial charge >= 0.3 is 6.09 Å². The summed E-state index contributed by atoms with van der Waals surface area (Å²) in [5, 5.41) is 11.2. The number of aryl methyl sites for hydroxylation is 1. The Labute approximate surface area is 248 Å². The molecule has 2 N–H and O–H groups in total. The number of imidazole rings is 1. The predicted molar refractivity (Wildman–Crippen MR) is 154 cm³/mol. The molecule has 1 aliphatic heterocycles. The normalized spacial score (nSPS) is 14.1. The number of amides is 1. The Bertz CT molecular complexity index is 1820. The molecular formula is C27H23Cl2N9O4. The van der Waals surface area contributed by atoms with Gasteiger partial charge in [0.15, 0.2) is 5.15 Å². The summed E-state index contributed by atoms with van der Waals surface area (Å²) >= 11 is 12.3. The van der Waals surface area contributed by atoms with Crippen molar-refractivity contribution in [1.82, 2.24) is 39.5 Å². The molecule has 0 unspecified atom stereocenters. The van der Waals surface area contributed by atoms with Crippen LogP contribution >= 0.6 is 23.2 Å². The molecule has 0 radical (unpaired) electrons. The summed E-state index contributed by atoms with van der Waals surface area (Å²) in [5.41, 5.74) is 3.28. The zero-order valence-electron chi connectivity index (χ0n) is 22.1. The molecule has 1 amide bonds. The molecule has 0 spiro atoms. The van der Waals surface area contributed by atoms with Crippen molar-refractivity contribution < 1.29 is 14.3 Å². The van der Waals surface area contributed by atoms with Crippen LogP contribution in [-0.2, 0) is 15.9 Å². The largest absolute Gasteiger partial charge is 0.447 e. The molecule has 1 atom stereocenters. The monoisotopic (exact) mass is 607 g/mol. The topological polar surface area (TPSA) is 155 Å². The quantitative estimate of drug-likeness (QED) is 0.245. The number of anilines is 1. The Morgan fingerprint density at radius 1 is 1.12 bits per heavy atom. The number of nitrogens with zero attached hydrogens (tertiary/aromatic N) is 7. The van der Waals surface area contributed by atoms with Crippen molar-refractivity contribution in [1.29, 1.82) is 0 Å². The second kappa shape index (κ2) is 11.7. The fourth-order valence-corrected chi connectivity index (χ4v) is 5.05. The van der Waals surface area contributed by atoms with Gasteiger partial charge in [0.25, 0.3) is 5.56 Å². The van der Waals surface area contributed by atoms with E-state index in [1.807, 2.05) is 0 Å². The van der Waals surface area contributed by atoms with Crippen molar-refractivity contribution in [3.63, 3.8) is 0 Å². The summed E-state index contributed by atoms with van der Waals surface area (Å²) in [4.78, 5) is 42.3. The highest BCUT2D eigenvalue weighted by Crippen LogP contribution is 2.32.